The molecule has 0 saturated heterocycles. The number of nitrogen functional groups attached to an aromatic ring is 1. The predicted molar refractivity (Wildman–Crippen MR) is 135 cm³/mol. The number of carbonyl (C=O) groups is 2. The van der Waals surface area contributed by atoms with E-state index in [1.807, 2.05) is 45.0 Å². The van der Waals surface area contributed by atoms with Crippen LogP contribution in [-0.2, 0) is 15.3 Å². The Morgan fingerprint density at radius 1 is 1.29 bits per heavy atom. The highest BCUT2D eigenvalue weighted by molar-refractivity contribution is 7.98. The van der Waals surface area contributed by atoms with Crippen LogP contribution in [0.15, 0.2) is 29.4 Å². The minimum Gasteiger partial charge on any atom is -0.461 e. The lowest BCUT2D eigenvalue weighted by molar-refractivity contribution is -0.119. The first kappa shape index (κ1) is 26.0. The highest BCUT2D eigenvalue weighted by Crippen LogP contribution is 2.31. The number of thiazole rings is 1. The summed E-state index contributed by atoms with van der Waals surface area (Å²) >= 11 is 8.73. The SMILES string of the molecule is CCC(C(=O)Nc1nc(C)c(C(=O)OCC(C)C)s1)n1c(N)nnc1SCc1ccccc1Cl. The van der Waals surface area contributed by atoms with Gasteiger partial charge in [-0.3, -0.25) is 9.36 Å². The van der Waals surface area contributed by atoms with E-state index in [2.05, 4.69) is 20.5 Å². The third kappa shape index (κ3) is 6.28. The molecule has 0 aliphatic heterocycles. The molecule has 1 atom stereocenters. The fraction of sp³-hybridized carbons (Fsp3) is 0.409. The molecule has 0 bridgehead atoms. The van der Waals surface area contributed by atoms with Crippen LogP contribution >= 0.6 is 34.7 Å². The van der Waals surface area contributed by atoms with Crippen LogP contribution in [0.3, 0.4) is 0 Å². The number of hydrogen-bond donors (Lipinski definition) is 2. The second kappa shape index (κ2) is 11.7. The zero-order valence-corrected chi connectivity index (χ0v) is 21.8. The number of nitrogens with zero attached hydrogens (tertiary/aromatic N) is 4. The van der Waals surface area contributed by atoms with Crippen molar-refractivity contribution < 1.29 is 14.3 Å². The van der Waals surface area contributed by atoms with E-state index in [1.165, 1.54) is 11.8 Å². The average Bonchev–Trinajstić information content (AvgIpc) is 3.34. The van der Waals surface area contributed by atoms with E-state index in [0.29, 0.717) is 44.7 Å². The van der Waals surface area contributed by atoms with Crippen LogP contribution in [0.4, 0.5) is 11.1 Å². The summed E-state index contributed by atoms with van der Waals surface area (Å²) < 4.78 is 6.90. The Morgan fingerprint density at radius 3 is 2.71 bits per heavy atom. The largest absolute Gasteiger partial charge is 0.461 e. The van der Waals surface area contributed by atoms with Crippen molar-refractivity contribution in [3.05, 3.63) is 45.4 Å². The summed E-state index contributed by atoms with van der Waals surface area (Å²) in [5.74, 6) is 0.128. The summed E-state index contributed by atoms with van der Waals surface area (Å²) in [6, 6.07) is 6.86. The zero-order valence-electron chi connectivity index (χ0n) is 19.4. The number of hydrogen-bond acceptors (Lipinski definition) is 9. The van der Waals surface area contributed by atoms with Crippen LogP contribution in [0, 0.1) is 12.8 Å². The number of rotatable bonds is 10. The van der Waals surface area contributed by atoms with Gasteiger partial charge >= 0.3 is 5.97 Å². The topological polar surface area (TPSA) is 125 Å². The van der Waals surface area contributed by atoms with Crippen LogP contribution in [0.2, 0.25) is 5.02 Å². The molecule has 182 valence electrons. The second-order valence-corrected chi connectivity index (χ2v) is 10.3. The van der Waals surface area contributed by atoms with Gasteiger partial charge in [0.25, 0.3) is 0 Å². The molecule has 3 aromatic rings. The van der Waals surface area contributed by atoms with Gasteiger partial charge in [-0.2, -0.15) is 0 Å². The first-order valence-electron chi connectivity index (χ1n) is 10.7. The van der Waals surface area contributed by atoms with E-state index in [4.69, 9.17) is 22.1 Å². The molecule has 1 unspecified atom stereocenters. The Bertz CT molecular complexity index is 1160. The molecule has 0 fully saturated rings. The number of carbonyl (C=O) groups excluding carboxylic acids is 2. The Kier molecular flexibility index (Phi) is 8.92. The van der Waals surface area contributed by atoms with Gasteiger partial charge in [-0.1, -0.05) is 73.7 Å². The molecule has 0 saturated carbocycles. The fourth-order valence-electron chi connectivity index (χ4n) is 3.06. The van der Waals surface area contributed by atoms with Crippen molar-refractivity contribution in [3.8, 4) is 0 Å². The molecule has 1 amide bonds. The second-order valence-electron chi connectivity index (χ2n) is 7.93. The van der Waals surface area contributed by atoms with E-state index in [9.17, 15) is 9.59 Å². The van der Waals surface area contributed by atoms with Gasteiger partial charge in [0.2, 0.25) is 11.9 Å². The Hall–Kier alpha value is -2.63. The van der Waals surface area contributed by atoms with Crippen molar-refractivity contribution in [3.63, 3.8) is 0 Å². The van der Waals surface area contributed by atoms with Crippen molar-refractivity contribution in [2.45, 2.75) is 51.1 Å². The summed E-state index contributed by atoms with van der Waals surface area (Å²) in [5, 5.41) is 12.4. The maximum atomic E-state index is 13.2. The fourth-order valence-corrected chi connectivity index (χ4v) is 5.20. The normalized spacial score (nSPS) is 12.1. The molecular formula is C22H27ClN6O3S2. The Balaban J connectivity index is 1.74. The highest BCUT2D eigenvalue weighted by Gasteiger charge is 2.27. The van der Waals surface area contributed by atoms with E-state index >= 15 is 0 Å². The number of aromatic nitrogens is 4. The monoisotopic (exact) mass is 522 g/mol. The number of amides is 1. The first-order valence-corrected chi connectivity index (χ1v) is 12.9. The van der Waals surface area contributed by atoms with Gasteiger partial charge in [0.05, 0.1) is 12.3 Å². The molecule has 2 aromatic heterocycles. The molecular weight excluding hydrogens is 496 g/mol. The molecule has 12 heteroatoms. The summed E-state index contributed by atoms with van der Waals surface area (Å²) in [6.07, 6.45) is 0.446. The smallest absolute Gasteiger partial charge is 0.350 e. The minimum absolute atomic E-state index is 0.136. The van der Waals surface area contributed by atoms with Crippen LogP contribution in [0.25, 0.3) is 0 Å². The lowest BCUT2D eigenvalue weighted by atomic mass is 10.2. The van der Waals surface area contributed by atoms with Crippen molar-refractivity contribution in [1.82, 2.24) is 19.7 Å². The number of benzene rings is 1. The quantitative estimate of drug-likeness (QED) is 0.282. The molecule has 1 aromatic carbocycles. The molecule has 0 radical (unpaired) electrons. The Morgan fingerprint density at radius 2 is 2.03 bits per heavy atom. The standard InChI is InChI=1S/C22H27ClN6O3S2/c1-5-16(18(30)26-21-25-13(4)17(34-21)19(31)32-10-12(2)3)29-20(24)27-28-22(29)33-11-14-8-6-7-9-15(14)23/h6-9,12,16H,5,10-11H2,1-4H3,(H2,24,27)(H,25,26,30). The highest BCUT2D eigenvalue weighted by atomic mass is 35.5. The van der Waals surface area contributed by atoms with Gasteiger partial charge in [0, 0.05) is 10.8 Å². The minimum atomic E-state index is -0.663. The average molecular weight is 523 g/mol. The van der Waals surface area contributed by atoms with Crippen molar-refractivity contribution >= 4 is 57.7 Å². The summed E-state index contributed by atoms with van der Waals surface area (Å²) in [4.78, 5) is 30.2. The number of anilines is 2. The zero-order chi connectivity index (χ0) is 24.8. The van der Waals surface area contributed by atoms with Crippen LogP contribution in [-0.4, -0.2) is 38.2 Å². The summed E-state index contributed by atoms with van der Waals surface area (Å²) in [6.45, 7) is 7.81. The van der Waals surface area contributed by atoms with E-state index in [1.54, 1.807) is 11.5 Å². The summed E-state index contributed by atoms with van der Waals surface area (Å²) in [5.41, 5.74) is 7.51. The van der Waals surface area contributed by atoms with Crippen LogP contribution in [0.5, 0.6) is 0 Å². The van der Waals surface area contributed by atoms with Gasteiger partial charge < -0.3 is 15.8 Å². The lowest BCUT2D eigenvalue weighted by Gasteiger charge is -2.18. The van der Waals surface area contributed by atoms with E-state index in [0.717, 1.165) is 16.9 Å². The third-order valence-electron chi connectivity index (χ3n) is 4.77. The number of thioether (sulfide) groups is 1. The first-order chi connectivity index (χ1) is 16.2. The van der Waals surface area contributed by atoms with E-state index < -0.39 is 12.0 Å². The maximum Gasteiger partial charge on any atom is 0.350 e. The van der Waals surface area contributed by atoms with Gasteiger partial charge in [-0.15, -0.1) is 10.2 Å². The Labute approximate surface area is 211 Å². The van der Waals surface area contributed by atoms with Crippen molar-refractivity contribution in [2.75, 3.05) is 17.7 Å². The van der Waals surface area contributed by atoms with Gasteiger partial charge in [0.15, 0.2) is 10.3 Å². The molecule has 0 spiro atoms. The maximum absolute atomic E-state index is 13.2. The van der Waals surface area contributed by atoms with Crippen molar-refractivity contribution in [2.24, 2.45) is 5.92 Å². The number of ether oxygens (including phenoxy) is 1. The molecule has 2 heterocycles. The van der Waals surface area contributed by atoms with Crippen LogP contribution < -0.4 is 11.1 Å². The number of nitrogens with two attached hydrogens (primary N) is 1. The molecule has 3 rings (SSSR count). The number of nitrogens with one attached hydrogen (secondary N) is 1. The number of esters is 1. The lowest BCUT2D eigenvalue weighted by Crippen LogP contribution is -2.27. The van der Waals surface area contributed by atoms with Gasteiger partial charge in [0.1, 0.15) is 10.9 Å². The third-order valence-corrected chi connectivity index (χ3v) is 7.18. The molecule has 34 heavy (non-hydrogen) atoms. The van der Waals surface area contributed by atoms with Gasteiger partial charge in [-0.05, 0) is 30.9 Å². The van der Waals surface area contributed by atoms with E-state index in [-0.39, 0.29) is 17.8 Å². The molecule has 0 aliphatic carbocycles. The van der Waals surface area contributed by atoms with Crippen LogP contribution in [0.1, 0.15) is 54.2 Å². The van der Waals surface area contributed by atoms with Gasteiger partial charge in [-0.25, -0.2) is 9.78 Å². The summed E-state index contributed by atoms with van der Waals surface area (Å²) in [7, 11) is 0. The molecule has 9 nitrogen and oxygen atoms in total. The molecule has 3 N–H and O–H groups in total. The number of aryl methyl sites for hydroxylation is 1. The van der Waals surface area contributed by atoms with Crippen molar-refractivity contribution in [1.29, 1.82) is 0 Å². The predicted octanol–water partition coefficient (Wildman–Crippen LogP) is 4.97. The number of halogens is 1. The molecule has 0 aliphatic rings.